The Morgan fingerprint density at radius 2 is 2.62 bits per heavy atom. The fraction of sp³-hybridized carbons (Fsp3) is 0. The van der Waals surface area contributed by atoms with Gasteiger partial charge in [0.05, 0.1) is 5.69 Å². The van der Waals surface area contributed by atoms with Gasteiger partial charge in [0.15, 0.2) is 0 Å². The predicted molar refractivity (Wildman–Crippen MR) is 37.2 cm³/mol. The van der Waals surface area contributed by atoms with Gasteiger partial charge < -0.3 is 0 Å². The molecule has 1 nitrogen and oxygen atoms in total. The van der Waals surface area contributed by atoms with Crippen LogP contribution in [-0.2, 0) is 0 Å². The molecule has 0 N–H and O–H groups in total. The second kappa shape index (κ2) is 2.29. The van der Waals surface area contributed by atoms with E-state index in [2.05, 4.69) is 11.0 Å². The van der Waals surface area contributed by atoms with Crippen LogP contribution in [0, 0.1) is 0 Å². The van der Waals surface area contributed by atoms with Crippen molar-refractivity contribution >= 4 is 29.2 Å². The van der Waals surface area contributed by atoms with Gasteiger partial charge in [0.2, 0.25) is 0 Å². The first-order valence-corrected chi connectivity index (χ1v) is 3.22. The van der Waals surface area contributed by atoms with Gasteiger partial charge in [0, 0.05) is 0 Å². The summed E-state index contributed by atoms with van der Waals surface area (Å²) in [6.45, 7) is 3.53. The Morgan fingerprint density at radius 1 is 1.88 bits per heavy atom. The molecule has 42 valence electrons. The Bertz CT molecular complexity index is 194. The average Bonchev–Trinajstić information content (AvgIpc) is 2.14. The van der Waals surface area contributed by atoms with Gasteiger partial charge in [-0.15, -0.1) is 0 Å². The second-order valence-corrected chi connectivity index (χ2v) is 2.70. The van der Waals surface area contributed by atoms with Crippen molar-refractivity contribution < 1.29 is 0 Å². The molecule has 0 spiro atoms. The normalized spacial score (nSPS) is 9.12. The van der Waals surface area contributed by atoms with Gasteiger partial charge in [-0.1, -0.05) is 18.2 Å². The summed E-state index contributed by atoms with van der Waals surface area (Å²) < 4.78 is 4.63. The van der Waals surface area contributed by atoms with E-state index in [4.69, 9.17) is 11.6 Å². The predicted octanol–water partition coefficient (Wildman–Crippen LogP) is 2.44. The molecule has 0 aliphatic heterocycles. The third-order valence-corrected chi connectivity index (χ3v) is 1.62. The third kappa shape index (κ3) is 1.08. The molecule has 0 unspecified atom stereocenters. The van der Waals surface area contributed by atoms with Gasteiger partial charge in [0.25, 0.3) is 0 Å². The van der Waals surface area contributed by atoms with Gasteiger partial charge in [0.1, 0.15) is 4.34 Å². The average molecular weight is 146 g/mol. The topological polar surface area (TPSA) is 12.9 Å². The quantitative estimate of drug-likeness (QED) is 0.592. The molecule has 0 radical (unpaired) electrons. The second-order valence-electron chi connectivity index (χ2n) is 1.26. The molecule has 0 amide bonds. The third-order valence-electron chi connectivity index (χ3n) is 0.709. The molecule has 0 saturated carbocycles. The number of nitrogens with zero attached hydrogens (tertiary/aromatic N) is 1. The minimum atomic E-state index is 0.708. The van der Waals surface area contributed by atoms with Crippen molar-refractivity contribution in [3.63, 3.8) is 0 Å². The highest BCUT2D eigenvalue weighted by Crippen LogP contribution is 2.15. The van der Waals surface area contributed by atoms with Crippen molar-refractivity contribution in [1.82, 2.24) is 4.37 Å². The summed E-state index contributed by atoms with van der Waals surface area (Å²) >= 11 is 6.82. The first kappa shape index (κ1) is 5.79. The molecule has 0 bridgehead atoms. The maximum Gasteiger partial charge on any atom is 0.114 e. The van der Waals surface area contributed by atoms with Crippen molar-refractivity contribution in [3.05, 3.63) is 22.7 Å². The van der Waals surface area contributed by atoms with Gasteiger partial charge >= 0.3 is 0 Å². The maximum absolute atomic E-state index is 5.55. The number of hydrogen-bond acceptors (Lipinski definition) is 2. The highest BCUT2D eigenvalue weighted by atomic mass is 35.5. The van der Waals surface area contributed by atoms with Crippen LogP contribution in [0.3, 0.4) is 0 Å². The van der Waals surface area contributed by atoms with E-state index < -0.39 is 0 Å². The zero-order valence-corrected chi connectivity index (χ0v) is 5.67. The summed E-state index contributed by atoms with van der Waals surface area (Å²) in [6.07, 6.45) is 1.67. The molecular formula is C5H4ClNS. The van der Waals surface area contributed by atoms with E-state index in [1.807, 2.05) is 0 Å². The van der Waals surface area contributed by atoms with E-state index in [1.165, 1.54) is 11.5 Å². The van der Waals surface area contributed by atoms with Gasteiger partial charge in [-0.2, -0.15) is 4.37 Å². The van der Waals surface area contributed by atoms with Crippen LogP contribution >= 0.6 is 23.1 Å². The Hall–Kier alpha value is -0.340. The summed E-state index contributed by atoms with van der Waals surface area (Å²) in [5.74, 6) is 0. The molecule has 0 aliphatic carbocycles. The van der Waals surface area contributed by atoms with E-state index >= 15 is 0 Å². The van der Waals surface area contributed by atoms with Gasteiger partial charge in [-0.3, -0.25) is 0 Å². The van der Waals surface area contributed by atoms with E-state index in [9.17, 15) is 0 Å². The zero-order chi connectivity index (χ0) is 5.98. The summed E-state index contributed by atoms with van der Waals surface area (Å²) in [5, 5.41) is 0. The van der Waals surface area contributed by atoms with Crippen LogP contribution in [0.25, 0.3) is 6.08 Å². The van der Waals surface area contributed by atoms with Crippen LogP contribution in [-0.4, -0.2) is 4.37 Å². The molecule has 0 saturated heterocycles. The van der Waals surface area contributed by atoms with Crippen LogP contribution < -0.4 is 0 Å². The van der Waals surface area contributed by atoms with Crippen LogP contribution in [0.2, 0.25) is 4.34 Å². The first-order valence-electron chi connectivity index (χ1n) is 2.07. The molecule has 1 rings (SSSR count). The molecule has 8 heavy (non-hydrogen) atoms. The van der Waals surface area contributed by atoms with Gasteiger partial charge in [-0.05, 0) is 23.7 Å². The number of rotatable bonds is 1. The number of aromatic nitrogens is 1. The molecule has 1 heterocycles. The van der Waals surface area contributed by atoms with Crippen LogP contribution in [0.4, 0.5) is 0 Å². The number of hydrogen-bond donors (Lipinski definition) is 0. The number of halogens is 1. The Kier molecular flexibility index (Phi) is 1.65. The minimum absolute atomic E-state index is 0.708. The molecule has 0 atom stereocenters. The molecule has 0 fully saturated rings. The van der Waals surface area contributed by atoms with Crippen LogP contribution in [0.1, 0.15) is 5.69 Å². The highest BCUT2D eigenvalue weighted by Gasteiger charge is 1.91. The van der Waals surface area contributed by atoms with E-state index in [-0.39, 0.29) is 0 Å². The SMILES string of the molecule is C=Cc1cc(Cl)sn1. The zero-order valence-electron chi connectivity index (χ0n) is 4.10. The van der Waals surface area contributed by atoms with Crippen LogP contribution in [0.5, 0.6) is 0 Å². The molecule has 0 aromatic carbocycles. The largest absolute Gasteiger partial charge is 0.192 e. The summed E-state index contributed by atoms with van der Waals surface area (Å²) in [5.41, 5.74) is 0.847. The molecule has 1 aromatic heterocycles. The van der Waals surface area contributed by atoms with Crippen molar-refractivity contribution in [2.45, 2.75) is 0 Å². The lowest BCUT2D eigenvalue weighted by Crippen LogP contribution is -1.59. The highest BCUT2D eigenvalue weighted by molar-refractivity contribution is 7.10. The lowest BCUT2D eigenvalue weighted by Gasteiger charge is -1.70. The van der Waals surface area contributed by atoms with E-state index in [0.29, 0.717) is 4.34 Å². The smallest absolute Gasteiger partial charge is 0.114 e. The Balaban J connectivity index is 3.00. The van der Waals surface area contributed by atoms with Crippen molar-refractivity contribution in [2.24, 2.45) is 0 Å². The minimum Gasteiger partial charge on any atom is -0.192 e. The fourth-order valence-corrected chi connectivity index (χ4v) is 1.07. The molecule has 0 aliphatic rings. The lowest BCUT2D eigenvalue weighted by atomic mass is 10.4. The molecular weight excluding hydrogens is 142 g/mol. The molecule has 3 heteroatoms. The first-order chi connectivity index (χ1) is 3.83. The summed E-state index contributed by atoms with van der Waals surface area (Å²) in [4.78, 5) is 0. The maximum atomic E-state index is 5.55. The van der Waals surface area contributed by atoms with E-state index in [1.54, 1.807) is 12.1 Å². The van der Waals surface area contributed by atoms with Crippen molar-refractivity contribution in [2.75, 3.05) is 0 Å². The Labute approximate surface area is 56.8 Å². The van der Waals surface area contributed by atoms with E-state index in [0.717, 1.165) is 5.69 Å². The van der Waals surface area contributed by atoms with Gasteiger partial charge in [-0.25, -0.2) is 0 Å². The van der Waals surface area contributed by atoms with Crippen LogP contribution in [0.15, 0.2) is 12.6 Å². The monoisotopic (exact) mass is 145 g/mol. The lowest BCUT2D eigenvalue weighted by molar-refractivity contribution is 1.52. The Morgan fingerprint density at radius 3 is 2.88 bits per heavy atom. The summed E-state index contributed by atoms with van der Waals surface area (Å²) in [6, 6.07) is 1.78. The van der Waals surface area contributed by atoms with Crippen molar-refractivity contribution in [3.8, 4) is 0 Å². The fourth-order valence-electron chi connectivity index (χ4n) is 0.361. The standard InChI is InChI=1S/C5H4ClNS/c1-2-4-3-5(6)8-7-4/h2-3H,1H2. The molecule has 1 aromatic rings. The summed E-state index contributed by atoms with van der Waals surface area (Å²) in [7, 11) is 0. The van der Waals surface area contributed by atoms with Crippen molar-refractivity contribution in [1.29, 1.82) is 0 Å².